The largest absolute Gasteiger partial charge is 0.313 e. The highest BCUT2D eigenvalue weighted by Crippen LogP contribution is 2.24. The Bertz CT molecular complexity index is 485. The third-order valence-corrected chi connectivity index (χ3v) is 2.86. The van der Waals surface area contributed by atoms with Crippen molar-refractivity contribution in [2.24, 2.45) is 0 Å². The Morgan fingerprint density at radius 2 is 1.94 bits per heavy atom. The Kier molecular flexibility index (Phi) is 4.07. The van der Waals surface area contributed by atoms with E-state index in [1.807, 2.05) is 18.2 Å². The molecule has 0 aliphatic carbocycles. The first-order valence-electron chi connectivity index (χ1n) is 5.55. The third-order valence-electron chi connectivity index (χ3n) is 2.51. The van der Waals surface area contributed by atoms with Crippen LogP contribution in [0, 0.1) is 0 Å². The number of benzene rings is 1. The highest BCUT2D eigenvalue weighted by Gasteiger charge is 2.03. The molecule has 2 aromatic rings. The van der Waals surface area contributed by atoms with Gasteiger partial charge in [-0.25, -0.2) is 9.97 Å². The number of halogens is 1. The van der Waals surface area contributed by atoms with Crippen molar-refractivity contribution in [3.05, 3.63) is 47.5 Å². The molecule has 0 unspecified atom stereocenters. The standard InChI is InChI=1S/C13H14ClN3/c1-2-15-6-11-4-3-10(5-13(11)14)12-7-16-9-17-8-12/h3-5,7-9,15H,2,6H2,1H3. The Labute approximate surface area is 106 Å². The number of aromatic nitrogens is 2. The van der Waals surface area contributed by atoms with Crippen molar-refractivity contribution in [3.63, 3.8) is 0 Å². The molecule has 0 atom stereocenters. The van der Waals surface area contributed by atoms with Crippen LogP contribution in [-0.4, -0.2) is 16.5 Å². The fourth-order valence-electron chi connectivity index (χ4n) is 1.58. The van der Waals surface area contributed by atoms with Crippen LogP contribution < -0.4 is 5.32 Å². The Morgan fingerprint density at radius 1 is 1.18 bits per heavy atom. The fraction of sp³-hybridized carbons (Fsp3) is 0.231. The third kappa shape index (κ3) is 3.02. The van der Waals surface area contributed by atoms with E-state index in [-0.39, 0.29) is 0 Å². The maximum absolute atomic E-state index is 6.23. The summed E-state index contributed by atoms with van der Waals surface area (Å²) < 4.78 is 0. The molecule has 1 heterocycles. The second-order valence-corrected chi connectivity index (χ2v) is 4.12. The van der Waals surface area contributed by atoms with Gasteiger partial charge in [-0.05, 0) is 23.7 Å². The molecule has 0 saturated carbocycles. The molecular formula is C13H14ClN3. The Morgan fingerprint density at radius 3 is 2.59 bits per heavy atom. The minimum Gasteiger partial charge on any atom is -0.313 e. The van der Waals surface area contributed by atoms with Gasteiger partial charge in [0.1, 0.15) is 6.33 Å². The van der Waals surface area contributed by atoms with E-state index in [4.69, 9.17) is 11.6 Å². The van der Waals surface area contributed by atoms with Crippen molar-refractivity contribution < 1.29 is 0 Å². The van der Waals surface area contributed by atoms with Gasteiger partial charge in [0.2, 0.25) is 0 Å². The van der Waals surface area contributed by atoms with Gasteiger partial charge in [0, 0.05) is 29.5 Å². The van der Waals surface area contributed by atoms with Crippen molar-refractivity contribution in [1.82, 2.24) is 15.3 Å². The van der Waals surface area contributed by atoms with Crippen LogP contribution >= 0.6 is 11.6 Å². The van der Waals surface area contributed by atoms with Crippen LogP contribution in [0.25, 0.3) is 11.1 Å². The lowest BCUT2D eigenvalue weighted by atomic mass is 10.1. The van der Waals surface area contributed by atoms with E-state index in [0.29, 0.717) is 0 Å². The van der Waals surface area contributed by atoms with E-state index < -0.39 is 0 Å². The van der Waals surface area contributed by atoms with E-state index in [1.165, 1.54) is 6.33 Å². The highest BCUT2D eigenvalue weighted by molar-refractivity contribution is 6.31. The first-order valence-corrected chi connectivity index (χ1v) is 5.93. The number of nitrogens with one attached hydrogen (secondary N) is 1. The summed E-state index contributed by atoms with van der Waals surface area (Å²) in [4.78, 5) is 7.99. The monoisotopic (exact) mass is 247 g/mol. The maximum Gasteiger partial charge on any atom is 0.115 e. The highest BCUT2D eigenvalue weighted by atomic mass is 35.5. The average Bonchev–Trinajstić information content (AvgIpc) is 2.38. The van der Waals surface area contributed by atoms with Crippen LogP contribution in [0.5, 0.6) is 0 Å². The molecule has 0 aliphatic rings. The van der Waals surface area contributed by atoms with Gasteiger partial charge in [0.05, 0.1) is 0 Å². The lowest BCUT2D eigenvalue weighted by Crippen LogP contribution is -2.11. The quantitative estimate of drug-likeness (QED) is 0.903. The van der Waals surface area contributed by atoms with E-state index >= 15 is 0 Å². The van der Waals surface area contributed by atoms with E-state index in [1.54, 1.807) is 12.4 Å². The topological polar surface area (TPSA) is 37.8 Å². The molecule has 2 rings (SSSR count). The van der Waals surface area contributed by atoms with Crippen molar-refractivity contribution >= 4 is 11.6 Å². The molecule has 88 valence electrons. The molecule has 1 N–H and O–H groups in total. The summed E-state index contributed by atoms with van der Waals surface area (Å²) in [6.45, 7) is 3.80. The number of nitrogens with zero attached hydrogens (tertiary/aromatic N) is 2. The lowest BCUT2D eigenvalue weighted by Gasteiger charge is -2.07. The first kappa shape index (κ1) is 12.0. The molecule has 3 nitrogen and oxygen atoms in total. The van der Waals surface area contributed by atoms with Crippen molar-refractivity contribution in [2.75, 3.05) is 6.54 Å². The zero-order chi connectivity index (χ0) is 12.1. The van der Waals surface area contributed by atoms with Gasteiger partial charge in [-0.15, -0.1) is 0 Å². The molecule has 0 radical (unpaired) electrons. The van der Waals surface area contributed by atoms with E-state index in [2.05, 4.69) is 22.2 Å². The van der Waals surface area contributed by atoms with E-state index in [9.17, 15) is 0 Å². The minimum absolute atomic E-state index is 0.771. The summed E-state index contributed by atoms with van der Waals surface area (Å²) in [5.41, 5.74) is 3.12. The number of hydrogen-bond acceptors (Lipinski definition) is 3. The van der Waals surface area contributed by atoms with Crippen molar-refractivity contribution in [1.29, 1.82) is 0 Å². The zero-order valence-corrected chi connectivity index (χ0v) is 10.4. The second kappa shape index (κ2) is 5.75. The molecule has 0 spiro atoms. The molecule has 1 aromatic carbocycles. The molecule has 0 amide bonds. The molecule has 0 fully saturated rings. The van der Waals surface area contributed by atoms with E-state index in [0.717, 1.165) is 34.8 Å². The second-order valence-electron chi connectivity index (χ2n) is 3.71. The molecule has 17 heavy (non-hydrogen) atoms. The molecular weight excluding hydrogens is 234 g/mol. The van der Waals surface area contributed by atoms with Gasteiger partial charge in [-0.2, -0.15) is 0 Å². The van der Waals surface area contributed by atoms with Gasteiger partial charge in [-0.1, -0.05) is 30.7 Å². The van der Waals surface area contributed by atoms with Crippen LogP contribution in [0.15, 0.2) is 36.9 Å². The van der Waals surface area contributed by atoms with Gasteiger partial charge < -0.3 is 5.32 Å². The number of rotatable bonds is 4. The van der Waals surface area contributed by atoms with Crippen LogP contribution in [0.4, 0.5) is 0 Å². The number of hydrogen-bond donors (Lipinski definition) is 1. The van der Waals surface area contributed by atoms with Crippen LogP contribution in [0.2, 0.25) is 5.02 Å². The van der Waals surface area contributed by atoms with Gasteiger partial charge in [0.15, 0.2) is 0 Å². The summed E-state index contributed by atoms with van der Waals surface area (Å²) in [5, 5.41) is 4.03. The normalized spacial score (nSPS) is 10.5. The zero-order valence-electron chi connectivity index (χ0n) is 9.65. The summed E-state index contributed by atoms with van der Waals surface area (Å²) in [7, 11) is 0. The van der Waals surface area contributed by atoms with Gasteiger partial charge >= 0.3 is 0 Å². The van der Waals surface area contributed by atoms with Gasteiger partial charge in [0.25, 0.3) is 0 Å². The smallest absolute Gasteiger partial charge is 0.115 e. The minimum atomic E-state index is 0.771. The molecule has 4 heteroatoms. The maximum atomic E-state index is 6.23. The van der Waals surface area contributed by atoms with Crippen LogP contribution in [0.3, 0.4) is 0 Å². The van der Waals surface area contributed by atoms with Crippen molar-refractivity contribution in [3.8, 4) is 11.1 Å². The Balaban J connectivity index is 2.25. The SMILES string of the molecule is CCNCc1ccc(-c2cncnc2)cc1Cl. The predicted molar refractivity (Wildman–Crippen MR) is 69.9 cm³/mol. The molecule has 0 saturated heterocycles. The summed E-state index contributed by atoms with van der Waals surface area (Å²) in [6.07, 6.45) is 5.08. The fourth-order valence-corrected chi connectivity index (χ4v) is 1.83. The molecule has 1 aromatic heterocycles. The lowest BCUT2D eigenvalue weighted by molar-refractivity contribution is 0.727. The first-order chi connectivity index (χ1) is 8.31. The summed E-state index contributed by atoms with van der Waals surface area (Å²) >= 11 is 6.23. The predicted octanol–water partition coefficient (Wildman–Crippen LogP) is 2.91. The van der Waals surface area contributed by atoms with Crippen LogP contribution in [-0.2, 0) is 6.54 Å². The molecule has 0 aliphatic heterocycles. The summed E-state index contributed by atoms with van der Waals surface area (Å²) in [5.74, 6) is 0. The summed E-state index contributed by atoms with van der Waals surface area (Å²) in [6, 6.07) is 6.03. The van der Waals surface area contributed by atoms with Crippen LogP contribution in [0.1, 0.15) is 12.5 Å². The van der Waals surface area contributed by atoms with Crippen molar-refractivity contribution in [2.45, 2.75) is 13.5 Å². The average molecular weight is 248 g/mol. The molecule has 0 bridgehead atoms. The Hall–Kier alpha value is -1.45. The van der Waals surface area contributed by atoms with Gasteiger partial charge in [-0.3, -0.25) is 0 Å².